The minimum absolute atomic E-state index is 0.0436. The van der Waals surface area contributed by atoms with Crippen molar-refractivity contribution in [2.75, 3.05) is 18.5 Å². The third-order valence-corrected chi connectivity index (χ3v) is 3.10. The number of rotatable bonds is 4. The zero-order chi connectivity index (χ0) is 14.0. The summed E-state index contributed by atoms with van der Waals surface area (Å²) in [5, 5.41) is 23.0. The molecule has 2 N–H and O–H groups in total. The van der Waals surface area contributed by atoms with E-state index in [1.807, 2.05) is 0 Å². The highest BCUT2D eigenvalue weighted by Crippen LogP contribution is 2.31. The number of anilines is 1. The van der Waals surface area contributed by atoms with Gasteiger partial charge in [0.1, 0.15) is 0 Å². The predicted molar refractivity (Wildman–Crippen MR) is 65.1 cm³/mol. The van der Waals surface area contributed by atoms with Crippen molar-refractivity contribution < 1.29 is 19.6 Å². The molecule has 2 rings (SSSR count). The van der Waals surface area contributed by atoms with Crippen molar-refractivity contribution in [2.24, 2.45) is 0 Å². The van der Waals surface area contributed by atoms with Crippen molar-refractivity contribution in [1.82, 2.24) is 4.98 Å². The first-order chi connectivity index (χ1) is 8.96. The summed E-state index contributed by atoms with van der Waals surface area (Å²) in [5.74, 6) is -1.15. The van der Waals surface area contributed by atoms with E-state index in [0.717, 1.165) is 0 Å². The van der Waals surface area contributed by atoms with Crippen molar-refractivity contribution in [3.8, 4) is 0 Å². The van der Waals surface area contributed by atoms with Crippen LogP contribution < -0.4 is 5.32 Å². The first-order valence-corrected chi connectivity index (χ1v) is 5.65. The summed E-state index contributed by atoms with van der Waals surface area (Å²) in [6.45, 7) is 1.82. The Morgan fingerprint density at radius 2 is 2.42 bits per heavy atom. The SMILES string of the molecule is Cc1ccnc(NC2(C(=O)O)CCOC2)c1[N+](=O)[O-]. The summed E-state index contributed by atoms with van der Waals surface area (Å²) < 4.78 is 5.08. The van der Waals surface area contributed by atoms with Gasteiger partial charge in [0.25, 0.3) is 0 Å². The van der Waals surface area contributed by atoms with Crippen LogP contribution in [0, 0.1) is 17.0 Å². The highest BCUT2D eigenvalue weighted by atomic mass is 16.6. The average Bonchev–Trinajstić information content (AvgIpc) is 2.78. The number of carboxylic acid groups (broad SMARTS) is 1. The number of ether oxygens (including phenoxy) is 1. The summed E-state index contributed by atoms with van der Waals surface area (Å²) in [7, 11) is 0. The van der Waals surface area contributed by atoms with Gasteiger partial charge in [-0.2, -0.15) is 0 Å². The van der Waals surface area contributed by atoms with E-state index in [4.69, 9.17) is 4.74 Å². The second-order valence-corrected chi connectivity index (χ2v) is 4.40. The second-order valence-electron chi connectivity index (χ2n) is 4.40. The van der Waals surface area contributed by atoms with E-state index in [-0.39, 0.29) is 24.5 Å². The van der Waals surface area contributed by atoms with E-state index >= 15 is 0 Å². The fourth-order valence-corrected chi connectivity index (χ4v) is 1.98. The molecule has 2 heterocycles. The average molecular weight is 267 g/mol. The lowest BCUT2D eigenvalue weighted by molar-refractivity contribution is -0.384. The maximum Gasteiger partial charge on any atom is 0.331 e. The van der Waals surface area contributed by atoms with Crippen LogP contribution in [0.5, 0.6) is 0 Å². The summed E-state index contributed by atoms with van der Waals surface area (Å²) in [5.41, 5.74) is -1.15. The van der Waals surface area contributed by atoms with Gasteiger partial charge in [0, 0.05) is 24.8 Å². The Kier molecular flexibility index (Phi) is 3.34. The molecule has 0 saturated carbocycles. The van der Waals surface area contributed by atoms with Crippen molar-refractivity contribution >= 4 is 17.5 Å². The van der Waals surface area contributed by atoms with Gasteiger partial charge in [-0.05, 0) is 13.0 Å². The van der Waals surface area contributed by atoms with Crippen LogP contribution in [0.3, 0.4) is 0 Å². The van der Waals surface area contributed by atoms with Gasteiger partial charge in [0.2, 0.25) is 5.82 Å². The lowest BCUT2D eigenvalue weighted by Gasteiger charge is -2.24. The van der Waals surface area contributed by atoms with Crippen molar-refractivity contribution in [1.29, 1.82) is 0 Å². The van der Waals surface area contributed by atoms with Gasteiger partial charge in [-0.15, -0.1) is 0 Å². The maximum atomic E-state index is 11.4. The Hall–Kier alpha value is -2.22. The summed E-state index contributed by atoms with van der Waals surface area (Å²) >= 11 is 0. The monoisotopic (exact) mass is 267 g/mol. The molecule has 1 saturated heterocycles. The van der Waals surface area contributed by atoms with E-state index in [1.54, 1.807) is 6.92 Å². The number of pyridine rings is 1. The summed E-state index contributed by atoms with van der Waals surface area (Å²) in [4.78, 5) is 25.7. The number of aromatic nitrogens is 1. The summed E-state index contributed by atoms with van der Waals surface area (Å²) in [6.07, 6.45) is 1.63. The molecule has 1 aromatic rings. The van der Waals surface area contributed by atoms with E-state index in [9.17, 15) is 20.0 Å². The fraction of sp³-hybridized carbons (Fsp3) is 0.455. The fourth-order valence-electron chi connectivity index (χ4n) is 1.98. The van der Waals surface area contributed by atoms with Gasteiger partial charge in [-0.3, -0.25) is 10.1 Å². The zero-order valence-corrected chi connectivity index (χ0v) is 10.3. The lowest BCUT2D eigenvalue weighted by atomic mass is 9.99. The second kappa shape index (κ2) is 4.81. The molecule has 0 bridgehead atoms. The van der Waals surface area contributed by atoms with Crippen LogP contribution in [0.4, 0.5) is 11.5 Å². The molecule has 0 aromatic carbocycles. The van der Waals surface area contributed by atoms with Gasteiger partial charge >= 0.3 is 11.7 Å². The van der Waals surface area contributed by atoms with E-state index in [1.165, 1.54) is 12.3 Å². The molecule has 1 aromatic heterocycles. The first kappa shape index (κ1) is 13.2. The normalized spacial score (nSPS) is 22.2. The molecule has 1 fully saturated rings. The number of nitro groups is 1. The minimum Gasteiger partial charge on any atom is -0.479 e. The van der Waals surface area contributed by atoms with Crippen molar-refractivity contribution in [2.45, 2.75) is 18.9 Å². The van der Waals surface area contributed by atoms with E-state index < -0.39 is 16.4 Å². The van der Waals surface area contributed by atoms with Crippen LogP contribution >= 0.6 is 0 Å². The molecule has 19 heavy (non-hydrogen) atoms. The molecule has 0 aliphatic carbocycles. The molecule has 0 radical (unpaired) electrons. The lowest BCUT2D eigenvalue weighted by Crippen LogP contribution is -2.47. The molecule has 102 valence electrons. The number of aliphatic carboxylic acids is 1. The number of hydrogen-bond acceptors (Lipinski definition) is 6. The third-order valence-electron chi connectivity index (χ3n) is 3.10. The molecular weight excluding hydrogens is 254 g/mol. The van der Waals surface area contributed by atoms with Crippen LogP contribution in [-0.4, -0.2) is 39.7 Å². The maximum absolute atomic E-state index is 11.4. The summed E-state index contributed by atoms with van der Waals surface area (Å²) in [6, 6.07) is 1.50. The first-order valence-electron chi connectivity index (χ1n) is 5.65. The van der Waals surface area contributed by atoms with Crippen molar-refractivity contribution in [3.05, 3.63) is 27.9 Å². The van der Waals surface area contributed by atoms with Crippen LogP contribution in [0.2, 0.25) is 0 Å². The molecule has 0 spiro atoms. The quantitative estimate of drug-likeness (QED) is 0.616. The zero-order valence-electron chi connectivity index (χ0n) is 10.3. The Labute approximate surface area is 108 Å². The Balaban J connectivity index is 2.40. The van der Waals surface area contributed by atoms with Crippen LogP contribution in [0.15, 0.2) is 12.3 Å². The molecule has 1 aliphatic heterocycles. The molecular formula is C11H13N3O5. The molecule has 1 atom stereocenters. The van der Waals surface area contributed by atoms with Crippen LogP contribution in [0.1, 0.15) is 12.0 Å². The Morgan fingerprint density at radius 3 is 2.95 bits per heavy atom. The molecule has 8 nitrogen and oxygen atoms in total. The topological polar surface area (TPSA) is 115 Å². The van der Waals surface area contributed by atoms with Gasteiger partial charge in [-0.1, -0.05) is 0 Å². The minimum atomic E-state index is -1.36. The number of nitrogens with zero attached hydrogens (tertiary/aromatic N) is 2. The predicted octanol–water partition coefficient (Wildman–Crippen LogP) is 0.954. The van der Waals surface area contributed by atoms with E-state index in [2.05, 4.69) is 10.3 Å². The van der Waals surface area contributed by atoms with Gasteiger partial charge in [-0.25, -0.2) is 9.78 Å². The van der Waals surface area contributed by atoms with Crippen LogP contribution in [0.25, 0.3) is 0 Å². The molecule has 1 unspecified atom stereocenters. The molecule has 0 amide bonds. The van der Waals surface area contributed by atoms with Crippen molar-refractivity contribution in [3.63, 3.8) is 0 Å². The van der Waals surface area contributed by atoms with Gasteiger partial charge in [0.15, 0.2) is 5.54 Å². The number of hydrogen-bond donors (Lipinski definition) is 2. The highest BCUT2D eigenvalue weighted by Gasteiger charge is 2.44. The Bertz CT molecular complexity index is 525. The van der Waals surface area contributed by atoms with Gasteiger partial charge < -0.3 is 15.2 Å². The molecule has 1 aliphatic rings. The highest BCUT2D eigenvalue weighted by molar-refractivity contribution is 5.84. The van der Waals surface area contributed by atoms with E-state index in [0.29, 0.717) is 12.2 Å². The third kappa shape index (κ3) is 2.34. The van der Waals surface area contributed by atoms with Gasteiger partial charge in [0.05, 0.1) is 11.5 Å². The number of carboxylic acids is 1. The Morgan fingerprint density at radius 1 is 1.68 bits per heavy atom. The standard InChI is InChI=1S/C11H13N3O5/c1-7-2-4-12-9(8(7)14(17)18)13-11(10(15)16)3-5-19-6-11/h2,4H,3,5-6H2,1H3,(H,12,13)(H,15,16). The molecule has 8 heteroatoms. The number of aryl methyl sites for hydroxylation is 1. The smallest absolute Gasteiger partial charge is 0.331 e. The largest absolute Gasteiger partial charge is 0.479 e. The number of nitrogens with one attached hydrogen (secondary N) is 1. The number of carbonyl (C=O) groups is 1. The van der Waals surface area contributed by atoms with Crippen LogP contribution in [-0.2, 0) is 9.53 Å².